The highest BCUT2D eigenvalue weighted by Crippen LogP contribution is 2.17. The number of anilines is 1. The molecule has 0 aliphatic heterocycles. The van der Waals surface area contributed by atoms with Crippen LogP contribution in [0.15, 0.2) is 12.7 Å². The summed E-state index contributed by atoms with van der Waals surface area (Å²) in [6.07, 6.45) is 3.17. The molecule has 5 nitrogen and oxygen atoms in total. The second-order valence-corrected chi connectivity index (χ2v) is 3.24. The molecule has 0 bridgehead atoms. The van der Waals surface area contributed by atoms with E-state index < -0.39 is 0 Å². The predicted octanol–water partition coefficient (Wildman–Crippen LogP) is 1.42. The first-order valence-corrected chi connectivity index (χ1v) is 4.62. The number of rotatable bonds is 2. The van der Waals surface area contributed by atoms with Crippen LogP contribution in [0.1, 0.15) is 6.92 Å². The molecule has 0 radical (unpaired) electrons. The summed E-state index contributed by atoms with van der Waals surface area (Å²) in [5.74, 6) is 0.769. The normalized spacial score (nSPS) is 10.6. The summed E-state index contributed by atoms with van der Waals surface area (Å²) in [5.41, 5.74) is 1.55. The Balaban J connectivity index is 2.63. The maximum Gasteiger partial charge on any atom is 0.175 e. The number of hydrogen-bond acceptors (Lipinski definition) is 4. The molecule has 0 aliphatic rings. The van der Waals surface area contributed by atoms with Crippen molar-refractivity contribution in [3.8, 4) is 0 Å². The summed E-state index contributed by atoms with van der Waals surface area (Å²) in [6, 6.07) is 0. The van der Waals surface area contributed by atoms with Gasteiger partial charge in [0.2, 0.25) is 0 Å². The highest BCUT2D eigenvalue weighted by Gasteiger charge is 2.06. The number of halogens is 1. The van der Waals surface area contributed by atoms with Gasteiger partial charge in [0.05, 0.1) is 16.1 Å². The van der Waals surface area contributed by atoms with Crippen molar-refractivity contribution in [1.82, 2.24) is 18.5 Å². The lowest BCUT2D eigenvalue weighted by Gasteiger charge is -2.00. The predicted molar refractivity (Wildman–Crippen MR) is 53.8 cm³/mol. The molecular weight excluding hydrogens is 234 g/mol. The number of fused-ring (bicyclic) bond motifs is 1. The number of nitrogens with zero attached hydrogens (tertiary/aromatic N) is 4. The van der Waals surface area contributed by atoms with Gasteiger partial charge in [-0.2, -0.15) is 0 Å². The lowest BCUT2D eigenvalue weighted by Crippen LogP contribution is -2.00. The molecule has 0 aromatic carbocycles. The van der Waals surface area contributed by atoms with Gasteiger partial charge in [-0.1, -0.05) is 0 Å². The average molecular weight is 242 g/mol. The van der Waals surface area contributed by atoms with Crippen LogP contribution < -0.4 is 5.32 Å². The van der Waals surface area contributed by atoms with Gasteiger partial charge in [0.25, 0.3) is 0 Å². The van der Waals surface area contributed by atoms with Gasteiger partial charge in [0, 0.05) is 6.54 Å². The third kappa shape index (κ3) is 1.37. The molecular formula is C7H8BrN5. The molecule has 2 aromatic rings. The summed E-state index contributed by atoms with van der Waals surface area (Å²) < 4.78 is 1.69. The minimum atomic E-state index is 0.769. The fourth-order valence-electron chi connectivity index (χ4n) is 1.10. The van der Waals surface area contributed by atoms with Crippen LogP contribution in [0.3, 0.4) is 0 Å². The molecule has 68 valence electrons. The smallest absolute Gasteiger partial charge is 0.175 e. The van der Waals surface area contributed by atoms with Crippen LogP contribution in [-0.4, -0.2) is 25.1 Å². The van der Waals surface area contributed by atoms with Crippen molar-refractivity contribution in [2.45, 2.75) is 6.92 Å². The summed E-state index contributed by atoms with van der Waals surface area (Å²) in [5, 5.41) is 3.12. The Morgan fingerprint density at radius 1 is 1.46 bits per heavy atom. The van der Waals surface area contributed by atoms with E-state index in [0.717, 1.165) is 23.5 Å². The molecule has 0 saturated carbocycles. The Kier molecular flexibility index (Phi) is 2.13. The minimum Gasteiger partial charge on any atom is -0.368 e. The summed E-state index contributed by atoms with van der Waals surface area (Å²) in [7, 11) is 0. The standard InChI is InChI=1S/C7H8BrN5/c1-2-9-6-5-7(11-3-10-6)13(8)4-12-5/h3-4H,2H2,1H3,(H,9,10,11). The van der Waals surface area contributed by atoms with Crippen molar-refractivity contribution < 1.29 is 0 Å². The molecule has 2 rings (SSSR count). The van der Waals surface area contributed by atoms with Crippen molar-refractivity contribution in [2.75, 3.05) is 11.9 Å². The Hall–Kier alpha value is -1.17. The molecule has 0 unspecified atom stereocenters. The first-order valence-electron chi connectivity index (χ1n) is 3.91. The van der Waals surface area contributed by atoms with Crippen molar-refractivity contribution >= 4 is 33.1 Å². The zero-order valence-corrected chi connectivity index (χ0v) is 8.61. The van der Waals surface area contributed by atoms with E-state index in [9.17, 15) is 0 Å². The number of hydrogen-bond donors (Lipinski definition) is 1. The first kappa shape index (κ1) is 8.43. The molecule has 0 atom stereocenters. The van der Waals surface area contributed by atoms with Crippen LogP contribution >= 0.6 is 16.1 Å². The highest BCUT2D eigenvalue weighted by molar-refractivity contribution is 9.08. The lowest BCUT2D eigenvalue weighted by atomic mass is 10.5. The van der Waals surface area contributed by atoms with E-state index in [4.69, 9.17) is 0 Å². The van der Waals surface area contributed by atoms with E-state index in [1.807, 2.05) is 6.92 Å². The molecule has 6 heteroatoms. The van der Waals surface area contributed by atoms with E-state index >= 15 is 0 Å². The molecule has 1 N–H and O–H groups in total. The summed E-state index contributed by atoms with van der Waals surface area (Å²) in [6.45, 7) is 2.83. The third-order valence-electron chi connectivity index (χ3n) is 1.64. The average Bonchev–Trinajstić information content (AvgIpc) is 2.50. The molecule has 0 amide bonds. The van der Waals surface area contributed by atoms with Crippen LogP contribution in [-0.2, 0) is 0 Å². The minimum absolute atomic E-state index is 0.769. The Labute approximate surface area is 83.5 Å². The van der Waals surface area contributed by atoms with E-state index in [1.54, 1.807) is 9.92 Å². The maximum absolute atomic E-state index is 4.17. The second-order valence-electron chi connectivity index (χ2n) is 2.48. The molecule has 0 fully saturated rings. The molecule has 0 aliphatic carbocycles. The zero-order valence-electron chi connectivity index (χ0n) is 7.03. The molecule has 2 heterocycles. The van der Waals surface area contributed by atoms with Crippen LogP contribution in [0.25, 0.3) is 11.2 Å². The number of nitrogens with one attached hydrogen (secondary N) is 1. The van der Waals surface area contributed by atoms with Crippen molar-refractivity contribution in [2.24, 2.45) is 0 Å². The number of aromatic nitrogens is 4. The van der Waals surface area contributed by atoms with E-state index in [2.05, 4.69) is 36.4 Å². The topological polar surface area (TPSA) is 55.6 Å². The van der Waals surface area contributed by atoms with Crippen molar-refractivity contribution in [3.63, 3.8) is 0 Å². The van der Waals surface area contributed by atoms with Gasteiger partial charge in [0.1, 0.15) is 12.7 Å². The van der Waals surface area contributed by atoms with Gasteiger partial charge >= 0.3 is 0 Å². The fourth-order valence-corrected chi connectivity index (χ4v) is 1.46. The second kappa shape index (κ2) is 3.29. The van der Waals surface area contributed by atoms with Crippen molar-refractivity contribution in [1.29, 1.82) is 0 Å². The maximum atomic E-state index is 4.17. The van der Waals surface area contributed by atoms with Crippen LogP contribution in [0.2, 0.25) is 0 Å². The first-order chi connectivity index (χ1) is 6.33. The van der Waals surface area contributed by atoms with Gasteiger partial charge < -0.3 is 5.32 Å². The molecule has 13 heavy (non-hydrogen) atoms. The molecule has 0 saturated heterocycles. The summed E-state index contributed by atoms with van der Waals surface area (Å²) >= 11 is 3.29. The Morgan fingerprint density at radius 2 is 2.31 bits per heavy atom. The largest absolute Gasteiger partial charge is 0.368 e. The van der Waals surface area contributed by atoms with Gasteiger partial charge in [-0.25, -0.2) is 18.5 Å². The van der Waals surface area contributed by atoms with Gasteiger partial charge in [0.15, 0.2) is 17.0 Å². The van der Waals surface area contributed by atoms with E-state index in [-0.39, 0.29) is 0 Å². The van der Waals surface area contributed by atoms with Crippen LogP contribution in [0.4, 0.5) is 5.82 Å². The quantitative estimate of drug-likeness (QED) is 0.865. The molecule has 0 spiro atoms. The van der Waals surface area contributed by atoms with Gasteiger partial charge in [-0.15, -0.1) is 0 Å². The molecule has 2 aromatic heterocycles. The summed E-state index contributed by atoms with van der Waals surface area (Å²) in [4.78, 5) is 12.3. The fraction of sp³-hybridized carbons (Fsp3) is 0.286. The zero-order chi connectivity index (χ0) is 9.26. The van der Waals surface area contributed by atoms with Crippen LogP contribution in [0.5, 0.6) is 0 Å². The van der Waals surface area contributed by atoms with E-state index in [0.29, 0.717) is 0 Å². The number of imidazole rings is 1. The van der Waals surface area contributed by atoms with E-state index in [1.165, 1.54) is 6.33 Å². The SMILES string of the molecule is CCNc1ncnc2c1ncn2Br. The Bertz CT molecular complexity index is 424. The van der Waals surface area contributed by atoms with Crippen LogP contribution in [0, 0.1) is 0 Å². The third-order valence-corrected chi connectivity index (χ3v) is 2.16. The van der Waals surface area contributed by atoms with Gasteiger partial charge in [-0.3, -0.25) is 0 Å². The Morgan fingerprint density at radius 3 is 3.08 bits per heavy atom. The van der Waals surface area contributed by atoms with Gasteiger partial charge in [-0.05, 0) is 6.92 Å². The highest BCUT2D eigenvalue weighted by atomic mass is 79.9. The van der Waals surface area contributed by atoms with Crippen molar-refractivity contribution in [3.05, 3.63) is 12.7 Å². The monoisotopic (exact) mass is 241 g/mol. The lowest BCUT2D eigenvalue weighted by molar-refractivity contribution is 1.13.